The van der Waals surface area contributed by atoms with Crippen molar-refractivity contribution < 1.29 is 18.6 Å². The summed E-state index contributed by atoms with van der Waals surface area (Å²) >= 11 is 0. The molecule has 2 aliphatic heterocycles. The quantitative estimate of drug-likeness (QED) is 0.407. The van der Waals surface area contributed by atoms with E-state index in [0.717, 1.165) is 30.6 Å². The van der Waals surface area contributed by atoms with E-state index in [-0.39, 0.29) is 24.5 Å². The number of tetrazole rings is 1. The number of hydrogen-bond donors (Lipinski definition) is 1. The fourth-order valence-corrected chi connectivity index (χ4v) is 4.70. The first kappa shape index (κ1) is 21.8. The largest absolute Gasteiger partial charge is 0.468 e. The zero-order valence-electron chi connectivity index (χ0n) is 19.3. The Balaban J connectivity index is 1.31. The number of rotatable bonds is 8. The third-order valence-corrected chi connectivity index (χ3v) is 6.61. The molecule has 0 saturated carbocycles. The number of H-pyrrole nitrogens is 1. The third kappa shape index (κ3) is 4.40. The lowest BCUT2D eigenvalue weighted by Gasteiger charge is -2.27. The Labute approximate surface area is 200 Å². The van der Waals surface area contributed by atoms with Gasteiger partial charge in [0.2, 0.25) is 6.79 Å². The Morgan fingerprint density at radius 2 is 2.11 bits per heavy atom. The van der Waals surface area contributed by atoms with Crippen molar-refractivity contribution >= 4 is 10.9 Å². The van der Waals surface area contributed by atoms with E-state index in [2.05, 4.69) is 25.4 Å². The predicted molar refractivity (Wildman–Crippen MR) is 124 cm³/mol. The Morgan fingerprint density at radius 1 is 1.23 bits per heavy atom. The summed E-state index contributed by atoms with van der Waals surface area (Å²) < 4.78 is 24.2. The van der Waals surface area contributed by atoms with Gasteiger partial charge in [-0.15, -0.1) is 5.10 Å². The molecule has 0 amide bonds. The fourth-order valence-electron chi connectivity index (χ4n) is 4.70. The smallest absolute Gasteiger partial charge is 0.252 e. The Kier molecular flexibility index (Phi) is 5.71. The molecule has 182 valence electrons. The van der Waals surface area contributed by atoms with Crippen LogP contribution in [0.25, 0.3) is 10.9 Å². The van der Waals surface area contributed by atoms with E-state index in [1.165, 1.54) is 0 Å². The molecular formula is C24H26N6O5. The van der Waals surface area contributed by atoms with Gasteiger partial charge in [-0.1, -0.05) is 0 Å². The van der Waals surface area contributed by atoms with E-state index in [0.29, 0.717) is 48.0 Å². The van der Waals surface area contributed by atoms with Crippen LogP contribution in [0.1, 0.15) is 43.0 Å². The van der Waals surface area contributed by atoms with E-state index in [1.54, 1.807) is 17.0 Å². The molecule has 6 rings (SSSR count). The summed E-state index contributed by atoms with van der Waals surface area (Å²) in [6.45, 7) is 4.44. The molecule has 0 radical (unpaired) electrons. The Morgan fingerprint density at radius 3 is 2.91 bits per heavy atom. The van der Waals surface area contributed by atoms with Crippen LogP contribution in [0.2, 0.25) is 0 Å². The molecule has 0 spiro atoms. The first-order chi connectivity index (χ1) is 17.1. The van der Waals surface area contributed by atoms with Gasteiger partial charge < -0.3 is 23.6 Å². The number of nitrogens with zero attached hydrogens (tertiary/aromatic N) is 5. The van der Waals surface area contributed by atoms with Crippen LogP contribution in [0.5, 0.6) is 11.5 Å². The molecule has 2 atom stereocenters. The molecule has 11 heteroatoms. The summed E-state index contributed by atoms with van der Waals surface area (Å²) in [7, 11) is 0. The number of furan rings is 1. The first-order valence-electron chi connectivity index (χ1n) is 11.7. The molecule has 4 aromatic rings. The second-order valence-electron chi connectivity index (χ2n) is 8.93. The van der Waals surface area contributed by atoms with Gasteiger partial charge in [0.25, 0.3) is 5.56 Å². The normalized spacial score (nSPS) is 18.1. The summed E-state index contributed by atoms with van der Waals surface area (Å²) in [5.74, 6) is 2.81. The van der Waals surface area contributed by atoms with Gasteiger partial charge in [0.1, 0.15) is 5.76 Å². The summed E-state index contributed by atoms with van der Waals surface area (Å²) in [6.07, 6.45) is 3.80. The number of aromatic amines is 1. The lowest BCUT2D eigenvalue weighted by molar-refractivity contribution is 0.0894. The summed E-state index contributed by atoms with van der Waals surface area (Å²) in [4.78, 5) is 18.1. The average Bonchev–Trinajstić information content (AvgIpc) is 3.65. The van der Waals surface area contributed by atoms with E-state index in [1.807, 2.05) is 31.2 Å². The van der Waals surface area contributed by atoms with Crippen molar-refractivity contribution in [3.05, 3.63) is 64.1 Å². The van der Waals surface area contributed by atoms with Crippen LogP contribution in [0.3, 0.4) is 0 Å². The van der Waals surface area contributed by atoms with Gasteiger partial charge in [-0.05, 0) is 54.5 Å². The van der Waals surface area contributed by atoms with Crippen molar-refractivity contribution in [2.24, 2.45) is 0 Å². The second-order valence-corrected chi connectivity index (χ2v) is 8.93. The monoisotopic (exact) mass is 478 g/mol. The van der Waals surface area contributed by atoms with E-state index < -0.39 is 0 Å². The molecule has 0 aliphatic carbocycles. The Bertz CT molecular complexity index is 1380. The summed E-state index contributed by atoms with van der Waals surface area (Å²) in [5, 5.41) is 13.3. The van der Waals surface area contributed by atoms with E-state index in [9.17, 15) is 4.79 Å². The SMILES string of the molecule is CC(c1nnnn1CC1CCCO1)N(Cc1ccco1)Cc1cc2cc3c(cc2[nH]c1=O)OCO3. The maximum Gasteiger partial charge on any atom is 0.252 e. The molecule has 1 fully saturated rings. The van der Waals surface area contributed by atoms with E-state index >= 15 is 0 Å². The highest BCUT2D eigenvalue weighted by Gasteiger charge is 2.26. The maximum atomic E-state index is 13.0. The minimum absolute atomic E-state index is 0.110. The van der Waals surface area contributed by atoms with Crippen molar-refractivity contribution in [2.75, 3.05) is 13.4 Å². The molecule has 11 nitrogen and oxygen atoms in total. The number of nitrogens with one attached hydrogen (secondary N) is 1. The molecule has 5 heterocycles. The maximum absolute atomic E-state index is 13.0. The van der Waals surface area contributed by atoms with Crippen LogP contribution in [0.4, 0.5) is 0 Å². The topological polar surface area (TPSA) is 121 Å². The molecule has 1 N–H and O–H groups in total. The number of ether oxygens (including phenoxy) is 3. The van der Waals surface area contributed by atoms with Crippen LogP contribution < -0.4 is 15.0 Å². The lowest BCUT2D eigenvalue weighted by Crippen LogP contribution is -2.31. The minimum Gasteiger partial charge on any atom is -0.468 e. The number of fused-ring (bicyclic) bond motifs is 2. The van der Waals surface area contributed by atoms with Crippen molar-refractivity contribution in [1.29, 1.82) is 0 Å². The highest BCUT2D eigenvalue weighted by molar-refractivity contribution is 5.83. The minimum atomic E-state index is -0.191. The summed E-state index contributed by atoms with van der Waals surface area (Å²) in [5.41, 5.74) is 1.16. The van der Waals surface area contributed by atoms with Crippen LogP contribution >= 0.6 is 0 Å². The number of benzene rings is 1. The zero-order chi connectivity index (χ0) is 23.8. The standard InChI is InChI=1S/C24H26N6O5/c1-15(23-26-27-28-30(23)13-19-5-3-7-33-19)29(12-18-4-2-6-32-18)11-17-8-16-9-21-22(35-14-34-21)10-20(16)25-24(17)31/h2,4,6,8-10,15,19H,3,5,7,11-14H2,1H3,(H,25,31). The van der Waals surface area contributed by atoms with Gasteiger partial charge >= 0.3 is 0 Å². The molecular weight excluding hydrogens is 452 g/mol. The van der Waals surface area contributed by atoms with Crippen LogP contribution in [-0.2, 0) is 24.4 Å². The molecule has 35 heavy (non-hydrogen) atoms. The first-order valence-corrected chi connectivity index (χ1v) is 11.7. The molecule has 2 unspecified atom stereocenters. The average molecular weight is 479 g/mol. The highest BCUT2D eigenvalue weighted by atomic mass is 16.7. The van der Waals surface area contributed by atoms with Gasteiger partial charge in [-0.25, -0.2) is 4.68 Å². The van der Waals surface area contributed by atoms with Gasteiger partial charge in [0.05, 0.1) is 37.0 Å². The van der Waals surface area contributed by atoms with Crippen molar-refractivity contribution in [2.45, 2.75) is 51.5 Å². The second kappa shape index (κ2) is 9.16. The molecule has 1 aromatic carbocycles. The lowest BCUT2D eigenvalue weighted by atomic mass is 10.1. The van der Waals surface area contributed by atoms with Crippen molar-refractivity contribution in [3.63, 3.8) is 0 Å². The van der Waals surface area contributed by atoms with Crippen LogP contribution in [0.15, 0.2) is 45.8 Å². The Hall–Kier alpha value is -3.70. The molecule has 2 aliphatic rings. The van der Waals surface area contributed by atoms with Gasteiger partial charge in [-0.2, -0.15) is 0 Å². The fraction of sp³-hybridized carbons (Fsp3) is 0.417. The van der Waals surface area contributed by atoms with E-state index in [4.69, 9.17) is 18.6 Å². The van der Waals surface area contributed by atoms with Gasteiger partial charge in [-0.3, -0.25) is 9.69 Å². The number of aromatic nitrogens is 5. The van der Waals surface area contributed by atoms with Crippen molar-refractivity contribution in [1.82, 2.24) is 30.1 Å². The summed E-state index contributed by atoms with van der Waals surface area (Å²) in [6, 6.07) is 9.16. The van der Waals surface area contributed by atoms with Crippen molar-refractivity contribution in [3.8, 4) is 11.5 Å². The van der Waals surface area contributed by atoms with Gasteiger partial charge in [0, 0.05) is 30.2 Å². The van der Waals surface area contributed by atoms with Gasteiger partial charge in [0.15, 0.2) is 17.3 Å². The predicted octanol–water partition coefficient (Wildman–Crippen LogP) is 2.78. The molecule has 3 aromatic heterocycles. The zero-order valence-corrected chi connectivity index (χ0v) is 19.3. The number of pyridine rings is 1. The third-order valence-electron chi connectivity index (χ3n) is 6.61. The van der Waals surface area contributed by atoms with Crippen LogP contribution in [-0.4, -0.2) is 49.6 Å². The highest BCUT2D eigenvalue weighted by Crippen LogP contribution is 2.35. The molecule has 0 bridgehead atoms. The van der Waals surface area contributed by atoms with Crippen LogP contribution in [0, 0.1) is 0 Å². The number of hydrogen-bond acceptors (Lipinski definition) is 9. The molecule has 1 saturated heterocycles.